The number of aryl methyl sites for hydroxylation is 1. The van der Waals surface area contributed by atoms with Crippen molar-refractivity contribution in [3.8, 4) is 0 Å². The van der Waals surface area contributed by atoms with E-state index in [4.69, 9.17) is 0 Å². The maximum absolute atomic E-state index is 12.3. The number of hydrogen-bond acceptors (Lipinski definition) is 2. The normalized spacial score (nSPS) is 15.4. The molecule has 1 N–H and O–H groups in total. The number of aromatic nitrogens is 2. The Morgan fingerprint density at radius 1 is 0.758 bits per heavy atom. The summed E-state index contributed by atoms with van der Waals surface area (Å²) in [4.78, 5) is 17.8. The van der Waals surface area contributed by atoms with Crippen LogP contribution < -0.4 is 5.69 Å². The van der Waals surface area contributed by atoms with Crippen LogP contribution >= 0.6 is 0 Å². The van der Waals surface area contributed by atoms with Crippen molar-refractivity contribution in [2.24, 2.45) is 5.92 Å². The molecule has 0 bridgehead atoms. The van der Waals surface area contributed by atoms with Gasteiger partial charge < -0.3 is 9.88 Å². The summed E-state index contributed by atoms with van der Waals surface area (Å²) in [6.07, 6.45) is 4.61. The standard InChI is InChI=1S/C29H33N3O/c33-29-30-26-15-7-8-16-27(26)32(29)20-10-9-19-31-21-17-25(18-22-31)28(23-11-3-1-4-12-23)24-13-5-2-6-14-24/h1-8,11-16,25,28H,9-10,17-22H2,(H,30,33). The zero-order valence-corrected chi connectivity index (χ0v) is 19.2. The molecule has 4 nitrogen and oxygen atoms in total. The number of aromatic amines is 1. The molecule has 4 heteroatoms. The fourth-order valence-electron chi connectivity index (χ4n) is 5.50. The highest BCUT2D eigenvalue weighted by molar-refractivity contribution is 5.74. The first-order valence-corrected chi connectivity index (χ1v) is 12.3. The van der Waals surface area contributed by atoms with Gasteiger partial charge in [0.05, 0.1) is 11.0 Å². The highest BCUT2D eigenvalue weighted by atomic mass is 16.1. The van der Waals surface area contributed by atoms with Gasteiger partial charge in [-0.05, 0) is 74.5 Å². The van der Waals surface area contributed by atoms with E-state index in [1.54, 1.807) is 0 Å². The van der Waals surface area contributed by atoms with Crippen LogP contribution in [0.3, 0.4) is 0 Å². The molecular formula is C29H33N3O. The van der Waals surface area contributed by atoms with Crippen LogP contribution in [0, 0.1) is 5.92 Å². The van der Waals surface area contributed by atoms with E-state index in [1.807, 2.05) is 28.8 Å². The quantitative estimate of drug-likeness (QED) is 0.360. The monoisotopic (exact) mass is 439 g/mol. The maximum Gasteiger partial charge on any atom is 0.326 e. The topological polar surface area (TPSA) is 41.0 Å². The van der Waals surface area contributed by atoms with Crippen LogP contribution in [0.1, 0.15) is 42.7 Å². The summed E-state index contributed by atoms with van der Waals surface area (Å²) in [5.41, 5.74) is 4.81. The van der Waals surface area contributed by atoms with Crippen LogP contribution in [0.15, 0.2) is 89.7 Å². The smallest absolute Gasteiger partial charge is 0.306 e. The minimum absolute atomic E-state index is 0.00452. The lowest BCUT2D eigenvalue weighted by atomic mass is 9.76. The number of unbranched alkanes of at least 4 members (excludes halogenated alkanes) is 1. The van der Waals surface area contributed by atoms with Crippen LogP contribution in [0.2, 0.25) is 0 Å². The van der Waals surface area contributed by atoms with Crippen molar-refractivity contribution in [3.63, 3.8) is 0 Å². The number of nitrogens with one attached hydrogen (secondary N) is 1. The Morgan fingerprint density at radius 2 is 1.33 bits per heavy atom. The van der Waals surface area contributed by atoms with Gasteiger partial charge in [-0.3, -0.25) is 4.57 Å². The minimum Gasteiger partial charge on any atom is -0.306 e. The number of H-pyrrole nitrogens is 1. The highest BCUT2D eigenvalue weighted by Gasteiger charge is 2.28. The van der Waals surface area contributed by atoms with Crippen molar-refractivity contribution < 1.29 is 0 Å². The van der Waals surface area contributed by atoms with E-state index in [-0.39, 0.29) is 5.69 Å². The first-order chi connectivity index (χ1) is 16.3. The number of para-hydroxylation sites is 2. The Kier molecular flexibility index (Phi) is 6.73. The van der Waals surface area contributed by atoms with Gasteiger partial charge in [0.15, 0.2) is 0 Å². The molecule has 33 heavy (non-hydrogen) atoms. The van der Waals surface area contributed by atoms with Gasteiger partial charge in [0, 0.05) is 12.5 Å². The van der Waals surface area contributed by atoms with Crippen molar-refractivity contribution in [2.45, 2.75) is 38.1 Å². The third kappa shape index (κ3) is 4.96. The van der Waals surface area contributed by atoms with Crippen LogP contribution in [-0.2, 0) is 6.54 Å². The molecule has 5 rings (SSSR count). The van der Waals surface area contributed by atoms with Gasteiger partial charge in [0.1, 0.15) is 0 Å². The lowest BCUT2D eigenvalue weighted by Gasteiger charge is -2.36. The summed E-state index contributed by atoms with van der Waals surface area (Å²) in [7, 11) is 0. The summed E-state index contributed by atoms with van der Waals surface area (Å²) in [6.45, 7) is 4.22. The first-order valence-electron chi connectivity index (χ1n) is 12.3. The van der Waals surface area contributed by atoms with Crippen LogP contribution in [0.4, 0.5) is 0 Å². The number of hydrogen-bond donors (Lipinski definition) is 1. The third-order valence-corrected chi connectivity index (χ3v) is 7.21. The Labute approximate surface area is 195 Å². The molecule has 0 spiro atoms. The second-order valence-electron chi connectivity index (χ2n) is 9.28. The summed E-state index contributed by atoms with van der Waals surface area (Å²) in [5, 5.41) is 0. The van der Waals surface area contributed by atoms with E-state index in [1.165, 1.54) is 24.0 Å². The molecule has 170 valence electrons. The highest BCUT2D eigenvalue weighted by Crippen LogP contribution is 2.37. The van der Waals surface area contributed by atoms with Gasteiger partial charge in [-0.1, -0.05) is 72.8 Å². The molecule has 4 aromatic rings. The Hall–Kier alpha value is -3.11. The summed E-state index contributed by atoms with van der Waals surface area (Å²) >= 11 is 0. The number of imidazole rings is 1. The van der Waals surface area contributed by atoms with Gasteiger partial charge in [-0.2, -0.15) is 0 Å². The van der Waals surface area contributed by atoms with Crippen LogP contribution in [0.5, 0.6) is 0 Å². The minimum atomic E-state index is 0.00452. The molecule has 1 fully saturated rings. The molecule has 0 amide bonds. The molecule has 0 aliphatic carbocycles. The SMILES string of the molecule is O=c1[nH]c2ccccc2n1CCCCN1CCC(C(c2ccccc2)c2ccccc2)CC1. The van der Waals surface area contributed by atoms with Crippen molar-refractivity contribution in [3.05, 3.63) is 107 Å². The number of nitrogens with zero attached hydrogens (tertiary/aromatic N) is 2. The fourth-order valence-corrected chi connectivity index (χ4v) is 5.50. The van der Waals surface area contributed by atoms with Crippen molar-refractivity contribution >= 4 is 11.0 Å². The molecule has 2 heterocycles. The predicted octanol–water partition coefficient (Wildman–Crippen LogP) is 5.65. The number of piperidine rings is 1. The molecule has 1 aliphatic rings. The molecule has 1 aliphatic heterocycles. The lowest BCUT2D eigenvalue weighted by molar-refractivity contribution is 0.172. The molecule has 0 unspecified atom stereocenters. The summed E-state index contributed by atoms with van der Waals surface area (Å²) in [5.74, 6) is 1.15. The van der Waals surface area contributed by atoms with Gasteiger partial charge >= 0.3 is 5.69 Å². The Bertz CT molecular complexity index is 1160. The maximum atomic E-state index is 12.3. The average molecular weight is 440 g/mol. The van der Waals surface area contributed by atoms with E-state index in [2.05, 4.69) is 70.5 Å². The Morgan fingerprint density at radius 3 is 2.00 bits per heavy atom. The first kappa shape index (κ1) is 21.7. The van der Waals surface area contributed by atoms with Gasteiger partial charge in [0.2, 0.25) is 0 Å². The molecule has 1 aromatic heterocycles. The summed E-state index contributed by atoms with van der Waals surface area (Å²) in [6, 6.07) is 30.0. The number of rotatable bonds is 8. The number of fused-ring (bicyclic) bond motifs is 1. The zero-order chi connectivity index (χ0) is 22.5. The Balaban J connectivity index is 1.15. The van der Waals surface area contributed by atoms with E-state index in [9.17, 15) is 4.79 Å². The van der Waals surface area contributed by atoms with Gasteiger partial charge in [-0.15, -0.1) is 0 Å². The molecule has 1 saturated heterocycles. The molecule has 0 atom stereocenters. The van der Waals surface area contributed by atoms with Crippen LogP contribution in [-0.4, -0.2) is 34.1 Å². The molecular weight excluding hydrogens is 406 g/mol. The largest absolute Gasteiger partial charge is 0.326 e. The lowest BCUT2D eigenvalue weighted by Crippen LogP contribution is -2.36. The van der Waals surface area contributed by atoms with E-state index in [0.717, 1.165) is 50.1 Å². The van der Waals surface area contributed by atoms with Gasteiger partial charge in [0.25, 0.3) is 0 Å². The molecule has 3 aromatic carbocycles. The molecule has 0 saturated carbocycles. The second-order valence-corrected chi connectivity index (χ2v) is 9.28. The second kappa shape index (κ2) is 10.2. The van der Waals surface area contributed by atoms with Crippen molar-refractivity contribution in [2.75, 3.05) is 19.6 Å². The number of likely N-dealkylation sites (tertiary alicyclic amines) is 1. The van der Waals surface area contributed by atoms with E-state index >= 15 is 0 Å². The fraction of sp³-hybridized carbons (Fsp3) is 0.345. The number of benzene rings is 3. The van der Waals surface area contributed by atoms with E-state index < -0.39 is 0 Å². The average Bonchev–Trinajstić information content (AvgIpc) is 3.19. The summed E-state index contributed by atoms with van der Waals surface area (Å²) < 4.78 is 1.88. The zero-order valence-electron chi connectivity index (χ0n) is 19.2. The molecule has 0 radical (unpaired) electrons. The third-order valence-electron chi connectivity index (χ3n) is 7.21. The van der Waals surface area contributed by atoms with Crippen molar-refractivity contribution in [1.82, 2.24) is 14.5 Å². The van der Waals surface area contributed by atoms with Crippen LogP contribution in [0.25, 0.3) is 11.0 Å². The predicted molar refractivity (Wildman–Crippen MR) is 136 cm³/mol. The van der Waals surface area contributed by atoms with E-state index in [0.29, 0.717) is 11.8 Å². The van der Waals surface area contributed by atoms with Crippen molar-refractivity contribution in [1.29, 1.82) is 0 Å². The van der Waals surface area contributed by atoms with Gasteiger partial charge in [-0.25, -0.2) is 4.79 Å².